The highest BCUT2D eigenvalue weighted by atomic mass is 32.1. The fourth-order valence-electron chi connectivity index (χ4n) is 4.67. The Labute approximate surface area is 192 Å². The molecular formula is C26H24S4. The van der Waals surface area contributed by atoms with Crippen LogP contribution in [0.5, 0.6) is 0 Å². The maximum Gasteiger partial charge on any atom is 0.0446 e. The lowest BCUT2D eigenvalue weighted by molar-refractivity contribution is 1.19. The third-order valence-electron chi connectivity index (χ3n) is 6.26. The lowest BCUT2D eigenvalue weighted by Gasteiger charge is -2.07. The summed E-state index contributed by atoms with van der Waals surface area (Å²) in [6, 6.07) is 9.91. The third-order valence-corrected chi connectivity index (χ3v) is 11.5. The van der Waals surface area contributed by atoms with Crippen LogP contribution in [0.4, 0.5) is 0 Å². The highest BCUT2D eigenvalue weighted by Gasteiger charge is 2.22. The normalized spacial score (nSPS) is 12.5. The summed E-state index contributed by atoms with van der Waals surface area (Å²) in [6.07, 6.45) is 4.45. The van der Waals surface area contributed by atoms with Gasteiger partial charge in [-0.25, -0.2) is 0 Å². The van der Waals surface area contributed by atoms with Crippen LogP contribution in [-0.2, 0) is 25.7 Å². The Bertz CT molecular complexity index is 1350. The third kappa shape index (κ3) is 2.54. The Morgan fingerprint density at radius 3 is 0.867 bits per heavy atom. The Morgan fingerprint density at radius 1 is 0.433 bits per heavy atom. The minimum atomic E-state index is 1.11. The molecule has 4 heteroatoms. The fraction of sp³-hybridized carbons (Fsp3) is 0.308. The molecule has 6 aromatic rings. The number of thiophene rings is 4. The number of rotatable bonds is 4. The summed E-state index contributed by atoms with van der Waals surface area (Å²) >= 11 is 8.11. The van der Waals surface area contributed by atoms with E-state index in [1.165, 1.54) is 70.6 Å². The van der Waals surface area contributed by atoms with Gasteiger partial charge in [-0.3, -0.25) is 0 Å². The van der Waals surface area contributed by atoms with Gasteiger partial charge in [-0.05, 0) is 49.9 Å². The van der Waals surface area contributed by atoms with E-state index in [4.69, 9.17) is 0 Å². The van der Waals surface area contributed by atoms with E-state index in [9.17, 15) is 0 Å². The summed E-state index contributed by atoms with van der Waals surface area (Å²) in [6.45, 7) is 9.15. The van der Waals surface area contributed by atoms with Gasteiger partial charge in [0.15, 0.2) is 0 Å². The summed E-state index contributed by atoms with van der Waals surface area (Å²) < 4.78 is 6.05. The Balaban J connectivity index is 1.99. The number of fused-ring (bicyclic) bond motifs is 11. The molecule has 0 radical (unpaired) electrons. The van der Waals surface area contributed by atoms with Gasteiger partial charge in [0.05, 0.1) is 0 Å². The summed E-state index contributed by atoms with van der Waals surface area (Å²) in [5.74, 6) is 0. The Morgan fingerprint density at radius 2 is 0.667 bits per heavy atom. The number of benzene rings is 2. The van der Waals surface area contributed by atoms with Gasteiger partial charge in [0.25, 0.3) is 0 Å². The van der Waals surface area contributed by atoms with Crippen molar-refractivity contribution in [3.05, 3.63) is 43.8 Å². The van der Waals surface area contributed by atoms with Crippen molar-refractivity contribution in [1.82, 2.24) is 0 Å². The maximum atomic E-state index is 2.48. The first-order chi connectivity index (χ1) is 14.7. The van der Waals surface area contributed by atoms with Gasteiger partial charge in [0, 0.05) is 70.6 Å². The smallest absolute Gasteiger partial charge is 0.0446 e. The zero-order valence-electron chi connectivity index (χ0n) is 17.8. The summed E-state index contributed by atoms with van der Waals surface area (Å²) in [5.41, 5.74) is 0. The molecule has 4 heterocycles. The van der Waals surface area contributed by atoms with E-state index in [0.29, 0.717) is 0 Å². The molecule has 0 nitrogen and oxygen atoms in total. The number of hydrogen-bond donors (Lipinski definition) is 0. The van der Waals surface area contributed by atoms with Crippen molar-refractivity contribution < 1.29 is 0 Å². The Kier molecular flexibility index (Phi) is 4.51. The second kappa shape index (κ2) is 7.03. The van der Waals surface area contributed by atoms with Gasteiger partial charge in [0.1, 0.15) is 0 Å². The fourth-order valence-corrected chi connectivity index (χ4v) is 9.47. The van der Waals surface area contributed by atoms with Crippen LogP contribution < -0.4 is 0 Å². The van der Waals surface area contributed by atoms with Crippen LogP contribution in [0.15, 0.2) is 24.3 Å². The molecule has 0 aliphatic heterocycles. The summed E-state index contributed by atoms with van der Waals surface area (Å²) in [7, 11) is 0. The standard InChI is InChI=1S/C26H24S4/c1-5-13-9-17-18-10-14(6-2)28-24(18)22-21(23(17)27-13)25-19(11-15(7-3)29-25)20-12-16(8-4)30-26(20)22/h9-12H,5-8H2,1-4H3. The van der Waals surface area contributed by atoms with E-state index in [-0.39, 0.29) is 0 Å². The van der Waals surface area contributed by atoms with Crippen LogP contribution in [0.1, 0.15) is 47.2 Å². The van der Waals surface area contributed by atoms with Crippen LogP contribution in [0, 0.1) is 0 Å². The summed E-state index contributed by atoms with van der Waals surface area (Å²) in [4.78, 5) is 6.01. The van der Waals surface area contributed by atoms with Crippen LogP contribution in [0.3, 0.4) is 0 Å². The number of aryl methyl sites for hydroxylation is 4. The average molecular weight is 465 g/mol. The lowest BCUT2D eigenvalue weighted by Crippen LogP contribution is -1.78. The second-order valence-electron chi connectivity index (χ2n) is 7.99. The van der Waals surface area contributed by atoms with Gasteiger partial charge >= 0.3 is 0 Å². The molecule has 0 aliphatic rings. The van der Waals surface area contributed by atoms with Crippen molar-refractivity contribution in [1.29, 1.82) is 0 Å². The van der Waals surface area contributed by atoms with E-state index in [0.717, 1.165) is 25.7 Å². The largest absolute Gasteiger partial charge is 0.140 e. The molecule has 0 spiro atoms. The van der Waals surface area contributed by atoms with E-state index in [2.05, 4.69) is 52.0 Å². The van der Waals surface area contributed by atoms with Gasteiger partial charge < -0.3 is 0 Å². The van der Waals surface area contributed by atoms with E-state index in [1.807, 2.05) is 45.3 Å². The molecule has 6 rings (SSSR count). The molecule has 30 heavy (non-hydrogen) atoms. The van der Waals surface area contributed by atoms with Gasteiger partial charge in [-0.15, -0.1) is 45.3 Å². The Hall–Kier alpha value is -1.46. The molecule has 0 fully saturated rings. The van der Waals surface area contributed by atoms with Crippen molar-refractivity contribution in [2.24, 2.45) is 0 Å². The first kappa shape index (κ1) is 19.2. The van der Waals surface area contributed by atoms with Crippen LogP contribution in [0.2, 0.25) is 0 Å². The van der Waals surface area contributed by atoms with Crippen molar-refractivity contribution in [2.45, 2.75) is 53.4 Å². The predicted octanol–water partition coefficient (Wildman–Crippen LogP) is 9.95. The maximum absolute atomic E-state index is 2.48. The first-order valence-corrected chi connectivity index (χ1v) is 14.2. The minimum absolute atomic E-state index is 1.11. The van der Waals surface area contributed by atoms with Gasteiger partial charge in [0.2, 0.25) is 0 Å². The molecule has 0 atom stereocenters. The first-order valence-electron chi connectivity index (χ1n) is 10.9. The highest BCUT2D eigenvalue weighted by Crippen LogP contribution is 2.52. The van der Waals surface area contributed by atoms with Crippen molar-refractivity contribution in [3.63, 3.8) is 0 Å². The molecule has 0 saturated carbocycles. The molecule has 2 aromatic carbocycles. The molecule has 0 N–H and O–H groups in total. The van der Waals surface area contributed by atoms with Crippen molar-refractivity contribution in [2.75, 3.05) is 0 Å². The molecule has 152 valence electrons. The predicted molar refractivity (Wildman–Crippen MR) is 143 cm³/mol. The monoisotopic (exact) mass is 464 g/mol. The molecule has 0 unspecified atom stereocenters. The second-order valence-corrected chi connectivity index (χ2v) is 12.5. The zero-order valence-corrected chi connectivity index (χ0v) is 21.0. The van der Waals surface area contributed by atoms with Crippen molar-refractivity contribution in [3.8, 4) is 0 Å². The molecular weight excluding hydrogens is 441 g/mol. The lowest BCUT2D eigenvalue weighted by atomic mass is 10.0. The van der Waals surface area contributed by atoms with E-state index in [1.54, 1.807) is 0 Å². The zero-order chi connectivity index (χ0) is 20.6. The average Bonchev–Trinajstić information content (AvgIpc) is 3.54. The highest BCUT2D eigenvalue weighted by molar-refractivity contribution is 7.27. The molecule has 0 aliphatic carbocycles. The van der Waals surface area contributed by atoms with Crippen LogP contribution in [-0.4, -0.2) is 0 Å². The molecule has 4 aromatic heterocycles. The van der Waals surface area contributed by atoms with Crippen molar-refractivity contribution >= 4 is 96.5 Å². The SMILES string of the molecule is CCc1cc2c3cc(CC)sc3c3c4sc(CC)cc4c4cc(CC)sc4c3c2s1. The molecule has 0 bridgehead atoms. The van der Waals surface area contributed by atoms with E-state index < -0.39 is 0 Å². The topological polar surface area (TPSA) is 0 Å². The van der Waals surface area contributed by atoms with E-state index >= 15 is 0 Å². The molecule has 0 saturated heterocycles. The van der Waals surface area contributed by atoms with Crippen LogP contribution in [0.25, 0.3) is 51.1 Å². The van der Waals surface area contributed by atoms with Crippen LogP contribution >= 0.6 is 45.3 Å². The quantitative estimate of drug-likeness (QED) is 0.243. The van der Waals surface area contributed by atoms with Gasteiger partial charge in [-0.2, -0.15) is 0 Å². The molecule has 0 amide bonds. The summed E-state index contributed by atoms with van der Waals surface area (Å²) in [5, 5.41) is 8.99. The number of hydrogen-bond acceptors (Lipinski definition) is 4. The van der Waals surface area contributed by atoms with Gasteiger partial charge in [-0.1, -0.05) is 27.7 Å². The minimum Gasteiger partial charge on any atom is -0.140 e.